The third-order valence-electron chi connectivity index (χ3n) is 4.71. The van der Waals surface area contributed by atoms with E-state index in [1.807, 2.05) is 12.1 Å². The number of alkyl halides is 3. The Morgan fingerprint density at radius 3 is 2.47 bits per heavy atom. The van der Waals surface area contributed by atoms with E-state index < -0.39 is 11.7 Å². The van der Waals surface area contributed by atoms with E-state index in [1.54, 1.807) is 30.3 Å². The molecule has 0 saturated carbocycles. The van der Waals surface area contributed by atoms with E-state index >= 15 is 0 Å². The highest BCUT2D eigenvalue weighted by atomic mass is 35.5. The van der Waals surface area contributed by atoms with Crippen molar-refractivity contribution in [2.45, 2.75) is 12.7 Å². The average Bonchev–Trinajstić information content (AvgIpc) is 3.29. The summed E-state index contributed by atoms with van der Waals surface area (Å²) in [6.45, 7) is 0.314. The van der Waals surface area contributed by atoms with Crippen molar-refractivity contribution in [1.29, 1.82) is 0 Å². The van der Waals surface area contributed by atoms with Crippen molar-refractivity contribution < 1.29 is 18.0 Å². The van der Waals surface area contributed by atoms with Gasteiger partial charge in [-0.3, -0.25) is 9.69 Å². The standard InChI is InChI=1S/C22H13Cl2F3N2OS2/c23-14-4-1-12(2-5-14)11-29-20(30)19(32-21(29)31)10-15-6-8-18(28-15)16-9-13(22(25,26)27)3-7-17(16)24/h1-10,28H,11H2/b19-10-. The molecule has 1 amide bonds. The summed E-state index contributed by atoms with van der Waals surface area (Å²) >= 11 is 18.5. The molecule has 2 heterocycles. The number of carbonyl (C=O) groups excluding carboxylic acids is 1. The van der Waals surface area contributed by atoms with Crippen molar-refractivity contribution in [3.8, 4) is 11.3 Å². The van der Waals surface area contributed by atoms with Crippen LogP contribution in [0.3, 0.4) is 0 Å². The van der Waals surface area contributed by atoms with Crippen LogP contribution < -0.4 is 0 Å². The van der Waals surface area contributed by atoms with Gasteiger partial charge >= 0.3 is 6.18 Å². The first-order chi connectivity index (χ1) is 15.1. The fourth-order valence-corrected chi connectivity index (χ4v) is 4.70. The molecule has 1 fully saturated rings. The number of aromatic amines is 1. The fourth-order valence-electron chi connectivity index (χ4n) is 3.11. The molecule has 0 aliphatic carbocycles. The molecular formula is C22H13Cl2F3N2OS2. The summed E-state index contributed by atoms with van der Waals surface area (Å²) in [5, 5.41) is 0.781. The van der Waals surface area contributed by atoms with Gasteiger partial charge in [0.2, 0.25) is 0 Å². The zero-order valence-electron chi connectivity index (χ0n) is 16.0. The van der Waals surface area contributed by atoms with E-state index in [9.17, 15) is 18.0 Å². The van der Waals surface area contributed by atoms with Crippen LogP contribution in [-0.4, -0.2) is 20.1 Å². The molecule has 0 spiro atoms. The molecule has 3 nitrogen and oxygen atoms in total. The highest BCUT2D eigenvalue weighted by molar-refractivity contribution is 8.26. The number of carbonyl (C=O) groups is 1. The molecule has 1 N–H and O–H groups in total. The minimum atomic E-state index is -4.48. The summed E-state index contributed by atoms with van der Waals surface area (Å²) in [7, 11) is 0. The largest absolute Gasteiger partial charge is 0.416 e. The maximum atomic E-state index is 13.1. The van der Waals surface area contributed by atoms with Gasteiger partial charge in [-0.05, 0) is 54.1 Å². The van der Waals surface area contributed by atoms with Crippen LogP contribution in [-0.2, 0) is 17.5 Å². The van der Waals surface area contributed by atoms with Crippen molar-refractivity contribution in [2.24, 2.45) is 0 Å². The Balaban J connectivity index is 1.56. The maximum Gasteiger partial charge on any atom is 0.416 e. The number of H-pyrrole nitrogens is 1. The monoisotopic (exact) mass is 512 g/mol. The molecule has 1 aliphatic rings. The third-order valence-corrected chi connectivity index (χ3v) is 6.67. The van der Waals surface area contributed by atoms with Crippen LogP contribution in [0.1, 0.15) is 16.8 Å². The first-order valence-corrected chi connectivity index (χ1v) is 11.2. The first kappa shape index (κ1) is 22.9. The molecule has 4 rings (SSSR count). The normalized spacial score (nSPS) is 15.8. The zero-order chi connectivity index (χ0) is 23.0. The highest BCUT2D eigenvalue weighted by Gasteiger charge is 2.33. The van der Waals surface area contributed by atoms with Gasteiger partial charge in [-0.15, -0.1) is 0 Å². The molecule has 1 aromatic heterocycles. The molecule has 1 saturated heterocycles. The predicted molar refractivity (Wildman–Crippen MR) is 126 cm³/mol. The van der Waals surface area contributed by atoms with E-state index in [1.165, 1.54) is 11.0 Å². The number of thioether (sulfide) groups is 1. The number of aromatic nitrogens is 1. The van der Waals surface area contributed by atoms with Gasteiger partial charge in [0.15, 0.2) is 0 Å². The number of nitrogens with zero attached hydrogens (tertiary/aromatic N) is 1. The van der Waals surface area contributed by atoms with Crippen LogP contribution in [0, 0.1) is 0 Å². The SMILES string of the molecule is O=C1/C(=C/c2ccc(-c3cc(C(F)(F)F)ccc3Cl)[nH]2)SC(=S)N1Cc1ccc(Cl)cc1. The Morgan fingerprint density at radius 2 is 1.78 bits per heavy atom. The second-order valence-electron chi connectivity index (χ2n) is 6.91. The molecule has 0 radical (unpaired) electrons. The van der Waals surface area contributed by atoms with Gasteiger partial charge in [0, 0.05) is 27.0 Å². The molecule has 1 aliphatic heterocycles. The van der Waals surface area contributed by atoms with Gasteiger partial charge in [0.05, 0.1) is 17.0 Å². The lowest BCUT2D eigenvalue weighted by Crippen LogP contribution is -2.27. The number of benzene rings is 2. The minimum Gasteiger partial charge on any atom is -0.355 e. The van der Waals surface area contributed by atoms with Crippen molar-refractivity contribution in [3.63, 3.8) is 0 Å². The summed E-state index contributed by atoms with van der Waals surface area (Å²) in [6, 6.07) is 13.5. The van der Waals surface area contributed by atoms with Gasteiger partial charge in [0.1, 0.15) is 4.32 Å². The fraction of sp³-hybridized carbons (Fsp3) is 0.0909. The average molecular weight is 513 g/mol. The summed E-state index contributed by atoms with van der Waals surface area (Å²) in [5.74, 6) is -0.247. The zero-order valence-corrected chi connectivity index (χ0v) is 19.2. The molecule has 10 heteroatoms. The van der Waals surface area contributed by atoms with Crippen molar-refractivity contribution in [2.75, 3.05) is 0 Å². The molecule has 164 valence electrons. The summed E-state index contributed by atoms with van der Waals surface area (Å²) in [5.41, 5.74) is 1.25. The van der Waals surface area contributed by atoms with Crippen molar-refractivity contribution >= 4 is 63.5 Å². The van der Waals surface area contributed by atoms with E-state index in [4.69, 9.17) is 35.4 Å². The smallest absolute Gasteiger partial charge is 0.355 e. The summed E-state index contributed by atoms with van der Waals surface area (Å²) in [4.78, 5) is 17.8. The van der Waals surface area contributed by atoms with Crippen molar-refractivity contribution in [1.82, 2.24) is 9.88 Å². The summed E-state index contributed by atoms with van der Waals surface area (Å²) in [6.07, 6.45) is -2.86. The molecule has 0 atom stereocenters. The van der Waals surface area contributed by atoms with E-state index in [0.717, 1.165) is 29.5 Å². The number of thiocarbonyl (C=S) groups is 1. The maximum absolute atomic E-state index is 13.1. The molecule has 0 unspecified atom stereocenters. The molecular weight excluding hydrogens is 500 g/mol. The number of rotatable bonds is 4. The number of nitrogens with one attached hydrogen (secondary N) is 1. The Bertz CT molecular complexity index is 1240. The number of hydrogen-bond acceptors (Lipinski definition) is 3. The van der Waals surface area contributed by atoms with Gasteiger partial charge in [-0.25, -0.2) is 0 Å². The van der Waals surface area contributed by atoms with Crippen LogP contribution in [0.25, 0.3) is 17.3 Å². The van der Waals surface area contributed by atoms with Gasteiger partial charge in [0.25, 0.3) is 5.91 Å². The second-order valence-corrected chi connectivity index (χ2v) is 9.43. The summed E-state index contributed by atoms with van der Waals surface area (Å²) < 4.78 is 39.6. The number of halogens is 5. The van der Waals surface area contributed by atoms with Gasteiger partial charge < -0.3 is 4.98 Å². The molecule has 3 aromatic rings. The highest BCUT2D eigenvalue weighted by Crippen LogP contribution is 2.37. The van der Waals surface area contributed by atoms with Crippen LogP contribution in [0.5, 0.6) is 0 Å². The number of amides is 1. The Morgan fingerprint density at radius 1 is 1.06 bits per heavy atom. The Hall–Kier alpha value is -2.26. The molecule has 0 bridgehead atoms. The van der Waals surface area contributed by atoms with Crippen LogP contribution in [0.4, 0.5) is 13.2 Å². The van der Waals surface area contributed by atoms with Gasteiger partial charge in [-0.2, -0.15) is 13.2 Å². The van der Waals surface area contributed by atoms with E-state index in [-0.39, 0.29) is 16.5 Å². The molecule has 32 heavy (non-hydrogen) atoms. The topological polar surface area (TPSA) is 36.1 Å². The Kier molecular flexibility index (Phi) is 6.40. The Labute approximate surface area is 201 Å². The lowest BCUT2D eigenvalue weighted by Gasteiger charge is -2.14. The number of hydrogen-bond donors (Lipinski definition) is 1. The minimum absolute atomic E-state index is 0.181. The van der Waals surface area contributed by atoms with E-state index in [0.29, 0.717) is 32.2 Å². The quantitative estimate of drug-likeness (QED) is 0.292. The lowest BCUT2D eigenvalue weighted by atomic mass is 10.1. The predicted octanol–water partition coefficient (Wildman–Crippen LogP) is 7.41. The van der Waals surface area contributed by atoms with Crippen LogP contribution in [0.15, 0.2) is 59.5 Å². The van der Waals surface area contributed by atoms with Crippen molar-refractivity contribution in [3.05, 3.63) is 86.4 Å². The van der Waals surface area contributed by atoms with Gasteiger partial charge in [-0.1, -0.05) is 59.3 Å². The van der Waals surface area contributed by atoms with Crippen LogP contribution >= 0.6 is 47.2 Å². The van der Waals surface area contributed by atoms with Crippen LogP contribution in [0.2, 0.25) is 10.0 Å². The third kappa shape index (κ3) is 4.88. The first-order valence-electron chi connectivity index (χ1n) is 9.18. The molecule has 2 aromatic carbocycles. The van der Waals surface area contributed by atoms with E-state index in [2.05, 4.69) is 4.98 Å². The second kappa shape index (κ2) is 8.94. The lowest BCUT2D eigenvalue weighted by molar-refractivity contribution is -0.137.